The van der Waals surface area contributed by atoms with Crippen LogP contribution in [0.2, 0.25) is 0 Å². The Morgan fingerprint density at radius 1 is 1.30 bits per heavy atom. The summed E-state index contributed by atoms with van der Waals surface area (Å²) in [6.07, 6.45) is 1.52. The number of benzene rings is 1. The van der Waals surface area contributed by atoms with Gasteiger partial charge in [0.25, 0.3) is 5.91 Å². The molecular weight excluding hydrogens is 252 g/mol. The third-order valence-electron chi connectivity index (χ3n) is 3.27. The van der Waals surface area contributed by atoms with Crippen molar-refractivity contribution in [3.63, 3.8) is 0 Å². The molecule has 0 saturated heterocycles. The quantitative estimate of drug-likeness (QED) is 0.933. The molecule has 0 atom stereocenters. The van der Waals surface area contributed by atoms with Crippen molar-refractivity contribution in [3.8, 4) is 0 Å². The van der Waals surface area contributed by atoms with Crippen LogP contribution in [0.25, 0.3) is 0 Å². The molecule has 2 aromatic rings. The lowest BCUT2D eigenvalue weighted by Crippen LogP contribution is -2.29. The molecule has 1 amide bonds. The van der Waals surface area contributed by atoms with E-state index in [4.69, 9.17) is 5.73 Å². The number of hydrogen-bond acceptors (Lipinski definition) is 3. The van der Waals surface area contributed by atoms with Crippen molar-refractivity contribution < 1.29 is 4.79 Å². The minimum atomic E-state index is -0.146. The van der Waals surface area contributed by atoms with E-state index in [1.807, 2.05) is 32.9 Å². The van der Waals surface area contributed by atoms with Gasteiger partial charge in [0.15, 0.2) is 0 Å². The average Bonchev–Trinajstić information content (AvgIpc) is 2.77. The van der Waals surface area contributed by atoms with Gasteiger partial charge in [-0.3, -0.25) is 9.48 Å². The molecule has 0 unspecified atom stereocenters. The van der Waals surface area contributed by atoms with Crippen molar-refractivity contribution in [3.05, 3.63) is 41.2 Å². The van der Waals surface area contributed by atoms with Crippen LogP contribution in [0.5, 0.6) is 0 Å². The van der Waals surface area contributed by atoms with Gasteiger partial charge in [0, 0.05) is 19.3 Å². The number of carbonyl (C=O) groups is 1. The van der Waals surface area contributed by atoms with E-state index in [0.717, 1.165) is 16.8 Å². The second-order valence-electron chi connectivity index (χ2n) is 4.97. The fourth-order valence-electron chi connectivity index (χ4n) is 2.29. The van der Waals surface area contributed by atoms with Crippen LogP contribution in [0, 0.1) is 13.8 Å². The van der Waals surface area contributed by atoms with Gasteiger partial charge in [-0.2, -0.15) is 5.10 Å². The standard InChI is InChI=1S/C15H20N4O/c1-5-19-14(13(16)9-17-19)15(20)18(4)12-7-10(2)6-11(3)8-12/h6-9H,5,16H2,1-4H3. The van der Waals surface area contributed by atoms with Gasteiger partial charge in [0.2, 0.25) is 0 Å². The van der Waals surface area contributed by atoms with Gasteiger partial charge in [0.05, 0.1) is 11.9 Å². The number of nitrogens with zero attached hydrogens (tertiary/aromatic N) is 3. The van der Waals surface area contributed by atoms with E-state index in [1.165, 1.54) is 6.20 Å². The van der Waals surface area contributed by atoms with Crippen LogP contribution in [-0.4, -0.2) is 22.7 Å². The molecule has 0 fully saturated rings. The average molecular weight is 272 g/mol. The second-order valence-corrected chi connectivity index (χ2v) is 4.97. The number of rotatable bonds is 3. The Kier molecular flexibility index (Phi) is 3.79. The maximum absolute atomic E-state index is 12.6. The van der Waals surface area contributed by atoms with Crippen LogP contribution in [-0.2, 0) is 6.54 Å². The topological polar surface area (TPSA) is 64.2 Å². The summed E-state index contributed by atoms with van der Waals surface area (Å²) in [5, 5.41) is 4.11. The van der Waals surface area contributed by atoms with E-state index >= 15 is 0 Å². The highest BCUT2D eigenvalue weighted by Crippen LogP contribution is 2.21. The summed E-state index contributed by atoms with van der Waals surface area (Å²) in [7, 11) is 1.75. The number of nitrogens with two attached hydrogens (primary N) is 1. The first kappa shape index (κ1) is 14.1. The molecule has 1 aromatic heterocycles. The summed E-state index contributed by atoms with van der Waals surface area (Å²) in [6, 6.07) is 6.04. The molecule has 0 bridgehead atoms. The minimum absolute atomic E-state index is 0.146. The molecule has 1 heterocycles. The summed E-state index contributed by atoms with van der Waals surface area (Å²) >= 11 is 0. The molecule has 0 aliphatic rings. The summed E-state index contributed by atoms with van der Waals surface area (Å²) < 4.78 is 1.62. The van der Waals surface area contributed by atoms with E-state index < -0.39 is 0 Å². The molecule has 1 aromatic carbocycles. The van der Waals surface area contributed by atoms with Crippen molar-refractivity contribution in [2.24, 2.45) is 0 Å². The first-order chi connectivity index (χ1) is 9.43. The molecule has 2 N–H and O–H groups in total. The van der Waals surface area contributed by atoms with E-state index in [1.54, 1.807) is 16.6 Å². The van der Waals surface area contributed by atoms with Gasteiger partial charge < -0.3 is 10.6 Å². The first-order valence-electron chi connectivity index (χ1n) is 6.61. The van der Waals surface area contributed by atoms with Gasteiger partial charge in [-0.05, 0) is 44.0 Å². The number of aromatic nitrogens is 2. The van der Waals surface area contributed by atoms with Crippen LogP contribution in [0.4, 0.5) is 11.4 Å². The Labute approximate surface area is 119 Å². The SMILES string of the molecule is CCn1ncc(N)c1C(=O)N(C)c1cc(C)cc(C)c1. The normalized spacial score (nSPS) is 10.6. The zero-order valence-electron chi connectivity index (χ0n) is 12.3. The van der Waals surface area contributed by atoms with Gasteiger partial charge in [0.1, 0.15) is 5.69 Å². The lowest BCUT2D eigenvalue weighted by Gasteiger charge is -2.19. The molecule has 0 aliphatic carbocycles. The van der Waals surface area contributed by atoms with Crippen molar-refractivity contribution in [1.29, 1.82) is 0 Å². The zero-order chi connectivity index (χ0) is 14.9. The molecule has 0 radical (unpaired) electrons. The highest BCUT2D eigenvalue weighted by atomic mass is 16.2. The molecule has 0 spiro atoms. The van der Waals surface area contributed by atoms with E-state index in [9.17, 15) is 4.79 Å². The smallest absolute Gasteiger partial charge is 0.278 e. The molecule has 106 valence electrons. The van der Waals surface area contributed by atoms with Gasteiger partial charge in [-0.25, -0.2) is 0 Å². The Morgan fingerprint density at radius 2 is 1.90 bits per heavy atom. The number of carbonyl (C=O) groups excluding carboxylic acids is 1. The Balaban J connectivity index is 2.39. The third-order valence-corrected chi connectivity index (χ3v) is 3.27. The van der Waals surface area contributed by atoms with Crippen LogP contribution >= 0.6 is 0 Å². The molecule has 0 aliphatic heterocycles. The fourth-order valence-corrected chi connectivity index (χ4v) is 2.29. The summed E-state index contributed by atoms with van der Waals surface area (Å²) in [4.78, 5) is 14.2. The van der Waals surface area contributed by atoms with Crippen LogP contribution < -0.4 is 10.6 Å². The highest BCUT2D eigenvalue weighted by Gasteiger charge is 2.21. The number of anilines is 2. The molecule has 5 heteroatoms. The van der Waals surface area contributed by atoms with Crippen molar-refractivity contribution >= 4 is 17.3 Å². The van der Waals surface area contributed by atoms with Crippen molar-refractivity contribution in [2.45, 2.75) is 27.3 Å². The maximum atomic E-state index is 12.6. The van der Waals surface area contributed by atoms with Crippen molar-refractivity contribution in [1.82, 2.24) is 9.78 Å². The monoisotopic (exact) mass is 272 g/mol. The lowest BCUT2D eigenvalue weighted by molar-refractivity contribution is 0.0983. The predicted molar refractivity (Wildman–Crippen MR) is 81.0 cm³/mol. The lowest BCUT2D eigenvalue weighted by atomic mass is 10.1. The fraction of sp³-hybridized carbons (Fsp3) is 0.333. The zero-order valence-corrected chi connectivity index (χ0v) is 12.3. The number of amides is 1. The van der Waals surface area contributed by atoms with Crippen LogP contribution in [0.15, 0.2) is 24.4 Å². The maximum Gasteiger partial charge on any atom is 0.278 e. The van der Waals surface area contributed by atoms with E-state index in [-0.39, 0.29) is 5.91 Å². The Hall–Kier alpha value is -2.30. The molecule has 2 rings (SSSR count). The van der Waals surface area contributed by atoms with Gasteiger partial charge in [-0.15, -0.1) is 0 Å². The molecule has 5 nitrogen and oxygen atoms in total. The van der Waals surface area contributed by atoms with Crippen LogP contribution in [0.3, 0.4) is 0 Å². The minimum Gasteiger partial charge on any atom is -0.396 e. The van der Waals surface area contributed by atoms with E-state index in [2.05, 4.69) is 11.2 Å². The van der Waals surface area contributed by atoms with Gasteiger partial charge >= 0.3 is 0 Å². The van der Waals surface area contributed by atoms with Crippen LogP contribution in [0.1, 0.15) is 28.5 Å². The molecule has 20 heavy (non-hydrogen) atoms. The summed E-state index contributed by atoms with van der Waals surface area (Å²) in [6.45, 7) is 6.57. The Bertz CT molecular complexity index is 625. The second kappa shape index (κ2) is 5.36. The summed E-state index contributed by atoms with van der Waals surface area (Å²) in [5.74, 6) is -0.146. The molecular formula is C15H20N4O. The largest absolute Gasteiger partial charge is 0.396 e. The van der Waals surface area contributed by atoms with Crippen molar-refractivity contribution in [2.75, 3.05) is 17.7 Å². The molecule has 0 saturated carbocycles. The summed E-state index contributed by atoms with van der Waals surface area (Å²) in [5.41, 5.74) is 9.81. The number of hydrogen-bond donors (Lipinski definition) is 1. The first-order valence-corrected chi connectivity index (χ1v) is 6.61. The Morgan fingerprint density at radius 3 is 2.45 bits per heavy atom. The highest BCUT2D eigenvalue weighted by molar-refractivity contribution is 6.07. The number of aryl methyl sites for hydroxylation is 3. The van der Waals surface area contributed by atoms with Gasteiger partial charge in [-0.1, -0.05) is 6.07 Å². The van der Waals surface area contributed by atoms with E-state index in [0.29, 0.717) is 17.9 Å². The number of nitrogen functional groups attached to an aromatic ring is 1. The third kappa shape index (κ3) is 2.52. The predicted octanol–water partition coefficient (Wildman–Crippen LogP) is 2.38.